The molecule has 3 nitrogen and oxygen atoms in total. The van der Waals surface area contributed by atoms with E-state index in [1.165, 1.54) is 13.2 Å². The predicted molar refractivity (Wildman–Crippen MR) is 59.2 cm³/mol. The number of hydroxylamine groups is 1. The minimum absolute atomic E-state index is 0.304. The van der Waals surface area contributed by atoms with Crippen molar-refractivity contribution in [2.75, 3.05) is 14.2 Å². The number of halogens is 2. The van der Waals surface area contributed by atoms with Gasteiger partial charge in [0, 0.05) is 5.56 Å². The molecular weight excluding hydrogens is 265 g/mol. The van der Waals surface area contributed by atoms with E-state index in [-0.39, 0.29) is 5.82 Å². The number of aryl methyl sites for hydroxylation is 1. The van der Waals surface area contributed by atoms with Gasteiger partial charge in [-0.15, -0.1) is 0 Å². The highest BCUT2D eigenvalue weighted by molar-refractivity contribution is 9.10. The molecule has 15 heavy (non-hydrogen) atoms. The van der Waals surface area contributed by atoms with Crippen LogP contribution in [0.15, 0.2) is 10.5 Å². The summed E-state index contributed by atoms with van der Waals surface area (Å²) in [5.41, 5.74) is 4.12. The Balaban J connectivity index is 3.18. The topological polar surface area (TPSA) is 30.5 Å². The fourth-order valence-corrected chi connectivity index (χ4v) is 1.82. The van der Waals surface area contributed by atoms with Crippen LogP contribution in [0, 0.1) is 12.7 Å². The van der Waals surface area contributed by atoms with Gasteiger partial charge in [0.15, 0.2) is 0 Å². The van der Waals surface area contributed by atoms with Gasteiger partial charge in [0.2, 0.25) is 0 Å². The average molecular weight is 278 g/mol. The van der Waals surface area contributed by atoms with Crippen molar-refractivity contribution in [3.63, 3.8) is 0 Å². The normalized spacial score (nSPS) is 10.5. The zero-order valence-corrected chi connectivity index (χ0v) is 10.4. The summed E-state index contributed by atoms with van der Waals surface area (Å²) in [6.45, 7) is 2.17. The maximum Gasteiger partial charge on any atom is 0.138 e. The second-order valence-corrected chi connectivity index (χ2v) is 3.82. The molecule has 1 aromatic carbocycles. The molecule has 1 aromatic rings. The van der Waals surface area contributed by atoms with Crippen molar-refractivity contribution in [2.24, 2.45) is 0 Å². The first kappa shape index (κ1) is 12.4. The first-order valence-corrected chi connectivity index (χ1v) is 5.18. The lowest BCUT2D eigenvalue weighted by atomic mass is 10.1. The highest BCUT2D eigenvalue weighted by Gasteiger charge is 2.14. The fourth-order valence-electron chi connectivity index (χ4n) is 1.39. The predicted octanol–water partition coefficient (Wildman–Crippen LogP) is 2.56. The van der Waals surface area contributed by atoms with Gasteiger partial charge in [-0.3, -0.25) is 0 Å². The summed E-state index contributed by atoms with van der Waals surface area (Å²) in [5.74, 6) is 0.356. The Hall–Kier alpha value is -0.650. The summed E-state index contributed by atoms with van der Waals surface area (Å²) in [6.07, 6.45) is 0. The van der Waals surface area contributed by atoms with Crippen molar-refractivity contribution < 1.29 is 14.0 Å². The van der Waals surface area contributed by atoms with E-state index in [0.29, 0.717) is 22.3 Å². The molecule has 0 spiro atoms. The summed E-state index contributed by atoms with van der Waals surface area (Å²) < 4.78 is 19.0. The van der Waals surface area contributed by atoms with Crippen molar-refractivity contribution in [1.82, 2.24) is 5.48 Å². The van der Waals surface area contributed by atoms with Crippen molar-refractivity contribution in [1.29, 1.82) is 0 Å². The smallest absolute Gasteiger partial charge is 0.138 e. The van der Waals surface area contributed by atoms with E-state index in [1.54, 1.807) is 14.0 Å². The van der Waals surface area contributed by atoms with Crippen LogP contribution in [0.4, 0.5) is 4.39 Å². The lowest BCUT2D eigenvalue weighted by Crippen LogP contribution is -2.13. The van der Waals surface area contributed by atoms with Gasteiger partial charge in [0.25, 0.3) is 0 Å². The molecule has 0 amide bonds. The maximum atomic E-state index is 13.4. The van der Waals surface area contributed by atoms with Crippen molar-refractivity contribution in [3.05, 3.63) is 27.5 Å². The maximum absolute atomic E-state index is 13.4. The third kappa shape index (κ3) is 2.68. The molecule has 0 aliphatic rings. The van der Waals surface area contributed by atoms with Gasteiger partial charge in [0.1, 0.15) is 11.6 Å². The highest BCUT2D eigenvalue weighted by Crippen LogP contribution is 2.32. The zero-order chi connectivity index (χ0) is 11.4. The number of rotatable bonds is 4. The van der Waals surface area contributed by atoms with E-state index in [9.17, 15) is 4.39 Å². The highest BCUT2D eigenvalue weighted by atomic mass is 79.9. The molecule has 0 bridgehead atoms. The van der Waals surface area contributed by atoms with Gasteiger partial charge < -0.3 is 9.57 Å². The number of hydrogen-bond donors (Lipinski definition) is 1. The van der Waals surface area contributed by atoms with Crippen LogP contribution in [0.2, 0.25) is 0 Å². The number of nitrogens with one attached hydrogen (secondary N) is 1. The minimum atomic E-state index is -0.304. The molecule has 0 unspecified atom stereocenters. The standard InChI is InChI=1S/C10H13BrFNO2/c1-6-4-8(12)9(11)7(5-13-15-3)10(6)14-2/h4,13H,5H2,1-3H3. The van der Waals surface area contributed by atoms with Crippen LogP contribution in [-0.2, 0) is 11.4 Å². The summed E-state index contributed by atoms with van der Waals surface area (Å²) >= 11 is 3.19. The Kier molecular flexibility index (Phi) is 4.50. The van der Waals surface area contributed by atoms with Crippen LogP contribution in [0.5, 0.6) is 5.75 Å². The number of ether oxygens (including phenoxy) is 1. The average Bonchev–Trinajstić information content (AvgIpc) is 2.21. The van der Waals surface area contributed by atoms with Gasteiger partial charge in [0.05, 0.1) is 25.2 Å². The molecular formula is C10H13BrFNO2. The van der Waals surface area contributed by atoms with E-state index < -0.39 is 0 Å². The lowest BCUT2D eigenvalue weighted by Gasteiger charge is -2.14. The molecule has 0 saturated heterocycles. The molecule has 0 atom stereocenters. The molecule has 5 heteroatoms. The molecule has 0 saturated carbocycles. The third-order valence-corrected chi connectivity index (χ3v) is 2.90. The fraction of sp³-hybridized carbons (Fsp3) is 0.400. The summed E-state index contributed by atoms with van der Waals surface area (Å²) in [6, 6.07) is 1.43. The number of benzene rings is 1. The first-order valence-electron chi connectivity index (χ1n) is 4.39. The Morgan fingerprint density at radius 1 is 1.47 bits per heavy atom. The monoisotopic (exact) mass is 277 g/mol. The molecule has 0 aromatic heterocycles. The minimum Gasteiger partial charge on any atom is -0.496 e. The Morgan fingerprint density at radius 3 is 2.67 bits per heavy atom. The molecule has 0 heterocycles. The summed E-state index contributed by atoms with van der Waals surface area (Å²) in [5, 5.41) is 0. The third-order valence-electron chi connectivity index (χ3n) is 2.05. The SMILES string of the molecule is CONCc1c(Br)c(F)cc(C)c1OC. The van der Waals surface area contributed by atoms with Crippen molar-refractivity contribution in [3.8, 4) is 5.75 Å². The molecule has 0 fully saturated rings. The second-order valence-electron chi connectivity index (χ2n) is 3.03. The molecule has 84 valence electrons. The molecule has 1 N–H and O–H groups in total. The van der Waals surface area contributed by atoms with E-state index in [0.717, 1.165) is 5.56 Å². The summed E-state index contributed by atoms with van der Waals surface area (Å²) in [4.78, 5) is 4.73. The largest absolute Gasteiger partial charge is 0.496 e. The zero-order valence-electron chi connectivity index (χ0n) is 8.86. The number of hydrogen-bond acceptors (Lipinski definition) is 3. The lowest BCUT2D eigenvalue weighted by molar-refractivity contribution is 0.0859. The van der Waals surface area contributed by atoms with Gasteiger partial charge in [-0.2, -0.15) is 5.48 Å². The Bertz CT molecular complexity index is 358. The molecule has 1 rings (SSSR count). The van der Waals surface area contributed by atoms with Gasteiger partial charge in [-0.05, 0) is 34.5 Å². The molecule has 0 aliphatic carbocycles. The van der Waals surface area contributed by atoms with Crippen molar-refractivity contribution >= 4 is 15.9 Å². The van der Waals surface area contributed by atoms with E-state index in [4.69, 9.17) is 9.57 Å². The van der Waals surface area contributed by atoms with Crippen molar-refractivity contribution in [2.45, 2.75) is 13.5 Å². The molecule has 0 aliphatic heterocycles. The van der Waals surface area contributed by atoms with Crippen LogP contribution >= 0.6 is 15.9 Å². The van der Waals surface area contributed by atoms with Gasteiger partial charge >= 0.3 is 0 Å². The van der Waals surface area contributed by atoms with Crippen LogP contribution in [-0.4, -0.2) is 14.2 Å². The quantitative estimate of drug-likeness (QED) is 0.859. The number of methoxy groups -OCH3 is 1. The van der Waals surface area contributed by atoms with E-state index in [2.05, 4.69) is 21.4 Å². The Morgan fingerprint density at radius 2 is 2.13 bits per heavy atom. The Labute approximate surface area is 96.7 Å². The van der Waals surface area contributed by atoms with Crippen LogP contribution in [0.1, 0.15) is 11.1 Å². The van der Waals surface area contributed by atoms with Crippen LogP contribution in [0.25, 0.3) is 0 Å². The van der Waals surface area contributed by atoms with Gasteiger partial charge in [-0.25, -0.2) is 4.39 Å². The van der Waals surface area contributed by atoms with E-state index in [1.807, 2.05) is 0 Å². The first-order chi connectivity index (χ1) is 7.11. The molecule has 0 radical (unpaired) electrons. The van der Waals surface area contributed by atoms with Gasteiger partial charge in [-0.1, -0.05) is 0 Å². The second kappa shape index (κ2) is 5.44. The van der Waals surface area contributed by atoms with E-state index >= 15 is 0 Å². The summed E-state index contributed by atoms with van der Waals surface area (Å²) in [7, 11) is 3.06. The van der Waals surface area contributed by atoms with Crippen LogP contribution in [0.3, 0.4) is 0 Å². The van der Waals surface area contributed by atoms with Crippen LogP contribution < -0.4 is 10.2 Å².